The van der Waals surface area contributed by atoms with Crippen molar-refractivity contribution in [3.63, 3.8) is 0 Å². The van der Waals surface area contributed by atoms with Crippen LogP contribution in [0.1, 0.15) is 20.8 Å². The summed E-state index contributed by atoms with van der Waals surface area (Å²) in [7, 11) is 0. The monoisotopic (exact) mass is 132 g/mol. The zero-order valence-corrected chi connectivity index (χ0v) is 6.48. The second-order valence-corrected chi connectivity index (χ2v) is 1.69. The maximum Gasteiger partial charge on any atom is 0.219 e. The van der Waals surface area contributed by atoms with E-state index in [0.29, 0.717) is 0 Å². The van der Waals surface area contributed by atoms with E-state index in [1.807, 2.05) is 13.8 Å². The van der Waals surface area contributed by atoms with Crippen molar-refractivity contribution in [1.29, 1.82) is 0 Å². The van der Waals surface area contributed by atoms with Crippen LogP contribution in [0.2, 0.25) is 0 Å². The minimum Gasteiger partial charge on any atom is -0.344 e. The number of hydrogen-bond donors (Lipinski definition) is 1. The van der Waals surface area contributed by atoms with E-state index in [2.05, 4.69) is 0 Å². The minimum atomic E-state index is 0. The lowest BCUT2D eigenvalue weighted by Crippen LogP contribution is -2.27. The average molecular weight is 132 g/mol. The molecule has 0 aromatic carbocycles. The summed E-state index contributed by atoms with van der Waals surface area (Å²) in [6, 6.07) is 0. The van der Waals surface area contributed by atoms with Crippen molar-refractivity contribution in [3.8, 4) is 0 Å². The van der Waals surface area contributed by atoms with Gasteiger partial charge in [0.05, 0.1) is 0 Å². The van der Waals surface area contributed by atoms with Gasteiger partial charge in [0.15, 0.2) is 0 Å². The first-order chi connectivity index (χ1) is 3.72. The first kappa shape index (κ1) is 11.3. The molecule has 0 aromatic heterocycles. The minimum absolute atomic E-state index is 0. The molecule has 0 saturated heterocycles. The van der Waals surface area contributed by atoms with E-state index in [9.17, 15) is 4.79 Å². The molecule has 3 nitrogen and oxygen atoms in total. The molecule has 0 radical (unpaired) electrons. The Labute approximate surface area is 56.6 Å². The van der Waals surface area contributed by atoms with Crippen LogP contribution in [0.25, 0.3) is 0 Å². The SMILES string of the molecule is CCN(CC)C(C)=O.N. The molecule has 1 amide bonds. The van der Waals surface area contributed by atoms with Crippen molar-refractivity contribution >= 4 is 5.91 Å². The molecule has 3 heteroatoms. The normalized spacial score (nSPS) is 7.89. The van der Waals surface area contributed by atoms with Gasteiger partial charge in [0, 0.05) is 20.0 Å². The molecule has 0 aliphatic heterocycles. The van der Waals surface area contributed by atoms with Gasteiger partial charge in [-0.1, -0.05) is 0 Å². The summed E-state index contributed by atoms with van der Waals surface area (Å²) in [4.78, 5) is 12.3. The molecule has 0 atom stereocenters. The van der Waals surface area contributed by atoms with Crippen LogP contribution in [0.15, 0.2) is 0 Å². The summed E-state index contributed by atoms with van der Waals surface area (Å²) < 4.78 is 0. The second kappa shape index (κ2) is 5.56. The van der Waals surface area contributed by atoms with Crippen LogP contribution in [0.3, 0.4) is 0 Å². The van der Waals surface area contributed by atoms with Crippen molar-refractivity contribution < 1.29 is 4.79 Å². The Kier molecular flexibility index (Phi) is 6.96. The largest absolute Gasteiger partial charge is 0.344 e. The van der Waals surface area contributed by atoms with E-state index in [-0.39, 0.29) is 12.1 Å². The predicted octanol–water partition coefficient (Wildman–Crippen LogP) is 1.04. The summed E-state index contributed by atoms with van der Waals surface area (Å²) in [6.07, 6.45) is 0. The smallest absolute Gasteiger partial charge is 0.219 e. The molecule has 0 bridgehead atoms. The van der Waals surface area contributed by atoms with Gasteiger partial charge in [0.2, 0.25) is 5.91 Å². The number of hydrogen-bond acceptors (Lipinski definition) is 2. The molecule has 3 N–H and O–H groups in total. The summed E-state index contributed by atoms with van der Waals surface area (Å²) in [5.41, 5.74) is 0. The molecule has 0 fully saturated rings. The van der Waals surface area contributed by atoms with Crippen LogP contribution in [0, 0.1) is 0 Å². The molecule has 0 spiro atoms. The maximum atomic E-state index is 10.5. The fourth-order valence-electron chi connectivity index (χ4n) is 0.669. The Morgan fingerprint density at radius 3 is 1.67 bits per heavy atom. The Morgan fingerprint density at radius 2 is 1.67 bits per heavy atom. The third-order valence-electron chi connectivity index (χ3n) is 1.21. The Balaban J connectivity index is 0. The molecular formula is C6H16N2O. The van der Waals surface area contributed by atoms with Crippen molar-refractivity contribution in [2.75, 3.05) is 13.1 Å². The number of amides is 1. The Morgan fingerprint density at radius 1 is 1.33 bits per heavy atom. The topological polar surface area (TPSA) is 55.3 Å². The van der Waals surface area contributed by atoms with Crippen LogP contribution < -0.4 is 6.15 Å². The van der Waals surface area contributed by atoms with Gasteiger partial charge in [0.1, 0.15) is 0 Å². The number of carbonyl (C=O) groups excluding carboxylic acids is 1. The first-order valence-electron chi connectivity index (χ1n) is 2.97. The van der Waals surface area contributed by atoms with Gasteiger partial charge < -0.3 is 11.1 Å². The van der Waals surface area contributed by atoms with Gasteiger partial charge >= 0.3 is 0 Å². The predicted molar refractivity (Wildman–Crippen MR) is 38.6 cm³/mol. The molecule has 56 valence electrons. The fraction of sp³-hybridized carbons (Fsp3) is 0.833. The van der Waals surface area contributed by atoms with Gasteiger partial charge in [0.25, 0.3) is 0 Å². The molecule has 0 heterocycles. The molecule has 9 heavy (non-hydrogen) atoms. The quantitative estimate of drug-likeness (QED) is 0.610. The second-order valence-electron chi connectivity index (χ2n) is 1.69. The van der Waals surface area contributed by atoms with Crippen LogP contribution in [-0.2, 0) is 4.79 Å². The van der Waals surface area contributed by atoms with Crippen molar-refractivity contribution in [3.05, 3.63) is 0 Å². The fourth-order valence-corrected chi connectivity index (χ4v) is 0.669. The summed E-state index contributed by atoms with van der Waals surface area (Å²) in [6.45, 7) is 7.19. The summed E-state index contributed by atoms with van der Waals surface area (Å²) in [5, 5.41) is 0. The van der Waals surface area contributed by atoms with Gasteiger partial charge in [-0.2, -0.15) is 0 Å². The lowest BCUT2D eigenvalue weighted by Gasteiger charge is -2.14. The third kappa shape index (κ3) is 3.97. The summed E-state index contributed by atoms with van der Waals surface area (Å²) in [5.74, 6) is 0.162. The van der Waals surface area contributed by atoms with Gasteiger partial charge in [-0.3, -0.25) is 4.79 Å². The van der Waals surface area contributed by atoms with E-state index in [4.69, 9.17) is 0 Å². The zero-order valence-electron chi connectivity index (χ0n) is 6.48. The standard InChI is InChI=1S/C6H13NO.H3N/c1-4-7(5-2)6(3)8;/h4-5H2,1-3H3;1H3. The highest BCUT2D eigenvalue weighted by molar-refractivity contribution is 5.73. The molecule has 0 aliphatic carbocycles. The van der Waals surface area contributed by atoms with E-state index in [1.54, 1.807) is 11.8 Å². The lowest BCUT2D eigenvalue weighted by molar-refractivity contribution is -0.128. The maximum absolute atomic E-state index is 10.5. The molecule has 0 aliphatic rings. The zero-order chi connectivity index (χ0) is 6.57. The lowest BCUT2D eigenvalue weighted by atomic mass is 10.5. The van der Waals surface area contributed by atoms with E-state index < -0.39 is 0 Å². The van der Waals surface area contributed by atoms with Crippen molar-refractivity contribution in [1.82, 2.24) is 11.1 Å². The van der Waals surface area contributed by atoms with Crippen molar-refractivity contribution in [2.45, 2.75) is 20.8 Å². The van der Waals surface area contributed by atoms with Crippen LogP contribution in [0.5, 0.6) is 0 Å². The average Bonchev–Trinajstić information content (AvgIpc) is 1.69. The summed E-state index contributed by atoms with van der Waals surface area (Å²) >= 11 is 0. The van der Waals surface area contributed by atoms with Gasteiger partial charge in [-0.15, -0.1) is 0 Å². The first-order valence-corrected chi connectivity index (χ1v) is 2.97. The molecule has 0 rings (SSSR count). The van der Waals surface area contributed by atoms with Crippen molar-refractivity contribution in [2.24, 2.45) is 0 Å². The molecule has 0 unspecified atom stereocenters. The van der Waals surface area contributed by atoms with Crippen LogP contribution in [0.4, 0.5) is 0 Å². The highest BCUT2D eigenvalue weighted by Gasteiger charge is 1.99. The number of nitrogens with zero attached hydrogens (tertiary/aromatic N) is 1. The Bertz CT molecular complexity index is 79.1. The highest BCUT2D eigenvalue weighted by Crippen LogP contribution is 1.84. The molecular weight excluding hydrogens is 116 g/mol. The molecule has 0 saturated carbocycles. The molecule has 0 aromatic rings. The van der Waals surface area contributed by atoms with Crippen LogP contribution >= 0.6 is 0 Å². The van der Waals surface area contributed by atoms with Gasteiger partial charge in [-0.25, -0.2) is 0 Å². The number of rotatable bonds is 2. The van der Waals surface area contributed by atoms with E-state index in [0.717, 1.165) is 13.1 Å². The Hall–Kier alpha value is -0.570. The van der Waals surface area contributed by atoms with Crippen LogP contribution in [-0.4, -0.2) is 23.9 Å². The number of carbonyl (C=O) groups is 1. The van der Waals surface area contributed by atoms with E-state index in [1.165, 1.54) is 0 Å². The third-order valence-corrected chi connectivity index (χ3v) is 1.21. The highest BCUT2D eigenvalue weighted by atomic mass is 16.2. The van der Waals surface area contributed by atoms with Gasteiger partial charge in [-0.05, 0) is 13.8 Å². The van der Waals surface area contributed by atoms with E-state index >= 15 is 0 Å².